The van der Waals surface area contributed by atoms with Crippen molar-refractivity contribution in [1.29, 1.82) is 0 Å². The standard InChI is InChI=1S/C16H10.CH5N/c1-3-11-7-9-13-5-2-6-14-10-8-12(4-1)15(11)16(13)14;1-2/h1-10H;2H2,1H3. The number of rotatable bonds is 0. The van der Waals surface area contributed by atoms with Crippen LogP contribution in [0.25, 0.3) is 32.3 Å². The van der Waals surface area contributed by atoms with E-state index in [1.165, 1.54) is 39.4 Å². The monoisotopic (exact) mass is 233 g/mol. The van der Waals surface area contributed by atoms with Crippen molar-refractivity contribution in [3.05, 3.63) is 60.7 Å². The van der Waals surface area contributed by atoms with E-state index in [1.807, 2.05) is 0 Å². The van der Waals surface area contributed by atoms with E-state index in [4.69, 9.17) is 0 Å². The van der Waals surface area contributed by atoms with Crippen molar-refractivity contribution in [2.45, 2.75) is 0 Å². The van der Waals surface area contributed by atoms with Crippen LogP contribution < -0.4 is 5.73 Å². The fourth-order valence-corrected chi connectivity index (χ4v) is 2.67. The Balaban J connectivity index is 0.000000478. The molecule has 0 unspecified atom stereocenters. The Morgan fingerprint density at radius 3 is 1.06 bits per heavy atom. The summed E-state index contributed by atoms with van der Waals surface area (Å²) >= 11 is 0. The lowest BCUT2D eigenvalue weighted by molar-refractivity contribution is 1.48. The molecule has 4 rings (SSSR count). The molecular formula is C17H15N. The highest BCUT2D eigenvalue weighted by molar-refractivity contribution is 6.22. The quantitative estimate of drug-likeness (QED) is 0.453. The zero-order valence-corrected chi connectivity index (χ0v) is 10.4. The van der Waals surface area contributed by atoms with Gasteiger partial charge in [-0.25, -0.2) is 0 Å². The van der Waals surface area contributed by atoms with Crippen LogP contribution in [0.5, 0.6) is 0 Å². The molecule has 2 N–H and O–H groups in total. The van der Waals surface area contributed by atoms with Gasteiger partial charge in [-0.15, -0.1) is 0 Å². The van der Waals surface area contributed by atoms with Crippen LogP contribution in [0.3, 0.4) is 0 Å². The van der Waals surface area contributed by atoms with E-state index in [1.54, 1.807) is 0 Å². The van der Waals surface area contributed by atoms with Gasteiger partial charge in [0, 0.05) is 0 Å². The fourth-order valence-electron chi connectivity index (χ4n) is 2.67. The summed E-state index contributed by atoms with van der Waals surface area (Å²) in [6, 6.07) is 21.9. The topological polar surface area (TPSA) is 26.0 Å². The summed E-state index contributed by atoms with van der Waals surface area (Å²) in [6.07, 6.45) is 0. The summed E-state index contributed by atoms with van der Waals surface area (Å²) in [5.74, 6) is 0. The van der Waals surface area contributed by atoms with Gasteiger partial charge in [0.25, 0.3) is 0 Å². The van der Waals surface area contributed by atoms with Crippen LogP contribution in [0.4, 0.5) is 0 Å². The first kappa shape index (κ1) is 11.0. The third-order valence-electron chi connectivity index (χ3n) is 3.39. The molecule has 4 aromatic rings. The highest BCUT2D eigenvalue weighted by Crippen LogP contribution is 2.33. The van der Waals surface area contributed by atoms with E-state index in [-0.39, 0.29) is 0 Å². The minimum absolute atomic E-state index is 1.34. The van der Waals surface area contributed by atoms with Gasteiger partial charge in [0.2, 0.25) is 0 Å². The largest absolute Gasteiger partial charge is 0.333 e. The summed E-state index contributed by atoms with van der Waals surface area (Å²) in [4.78, 5) is 0. The van der Waals surface area contributed by atoms with Gasteiger partial charge in [-0.1, -0.05) is 60.7 Å². The van der Waals surface area contributed by atoms with E-state index in [2.05, 4.69) is 66.4 Å². The van der Waals surface area contributed by atoms with Crippen LogP contribution >= 0.6 is 0 Å². The zero-order valence-electron chi connectivity index (χ0n) is 10.4. The maximum absolute atomic E-state index is 4.50. The summed E-state index contributed by atoms with van der Waals surface area (Å²) in [5.41, 5.74) is 4.50. The van der Waals surface area contributed by atoms with Gasteiger partial charge in [0.05, 0.1) is 0 Å². The van der Waals surface area contributed by atoms with Gasteiger partial charge < -0.3 is 5.73 Å². The first-order valence-electron chi connectivity index (χ1n) is 6.14. The van der Waals surface area contributed by atoms with Crippen molar-refractivity contribution in [1.82, 2.24) is 0 Å². The zero-order chi connectivity index (χ0) is 12.5. The van der Waals surface area contributed by atoms with Crippen molar-refractivity contribution in [2.24, 2.45) is 5.73 Å². The van der Waals surface area contributed by atoms with Crippen molar-refractivity contribution in [3.63, 3.8) is 0 Å². The Morgan fingerprint density at radius 1 is 0.500 bits per heavy atom. The minimum atomic E-state index is 1.34. The first-order valence-corrected chi connectivity index (χ1v) is 6.14. The highest BCUT2D eigenvalue weighted by Gasteiger charge is 2.05. The van der Waals surface area contributed by atoms with Gasteiger partial charge in [-0.3, -0.25) is 0 Å². The smallest absolute Gasteiger partial charge is 0.00268 e. The molecule has 0 heterocycles. The number of hydrogen-bond acceptors (Lipinski definition) is 1. The molecule has 0 fully saturated rings. The molecule has 0 saturated heterocycles. The summed E-state index contributed by atoms with van der Waals surface area (Å²) in [7, 11) is 1.50. The van der Waals surface area contributed by atoms with Crippen LogP contribution in [-0.2, 0) is 0 Å². The van der Waals surface area contributed by atoms with Gasteiger partial charge in [0.15, 0.2) is 0 Å². The summed E-state index contributed by atoms with van der Waals surface area (Å²) in [5, 5.41) is 8.14. The predicted octanol–water partition coefficient (Wildman–Crippen LogP) is 4.16. The molecule has 18 heavy (non-hydrogen) atoms. The van der Waals surface area contributed by atoms with Crippen molar-refractivity contribution in [2.75, 3.05) is 7.05 Å². The van der Waals surface area contributed by atoms with E-state index in [0.29, 0.717) is 0 Å². The number of hydrogen-bond donors (Lipinski definition) is 1. The Hall–Kier alpha value is -2.12. The second kappa shape index (κ2) is 4.28. The molecule has 0 aliphatic rings. The highest BCUT2D eigenvalue weighted by atomic mass is 14.4. The molecule has 88 valence electrons. The molecule has 0 saturated carbocycles. The Kier molecular flexibility index (Phi) is 2.62. The first-order chi connectivity index (χ1) is 8.93. The maximum atomic E-state index is 4.50. The number of benzene rings is 4. The van der Waals surface area contributed by atoms with E-state index < -0.39 is 0 Å². The summed E-state index contributed by atoms with van der Waals surface area (Å²) in [6.45, 7) is 0. The van der Waals surface area contributed by atoms with Crippen LogP contribution in [0.2, 0.25) is 0 Å². The minimum Gasteiger partial charge on any atom is -0.333 e. The predicted molar refractivity (Wildman–Crippen MR) is 80.3 cm³/mol. The van der Waals surface area contributed by atoms with Gasteiger partial charge in [0.1, 0.15) is 0 Å². The molecule has 0 aromatic heterocycles. The van der Waals surface area contributed by atoms with Crippen molar-refractivity contribution in [3.8, 4) is 0 Å². The van der Waals surface area contributed by atoms with Gasteiger partial charge in [-0.05, 0) is 39.4 Å². The molecule has 0 amide bonds. The third-order valence-corrected chi connectivity index (χ3v) is 3.39. The Bertz CT molecular complexity index is 672. The molecule has 0 bridgehead atoms. The average Bonchev–Trinajstić information content (AvgIpc) is 2.47. The van der Waals surface area contributed by atoms with Crippen LogP contribution in [0, 0.1) is 0 Å². The molecule has 0 atom stereocenters. The molecule has 0 aliphatic carbocycles. The Labute approximate surface area is 106 Å². The van der Waals surface area contributed by atoms with Gasteiger partial charge in [-0.2, -0.15) is 0 Å². The van der Waals surface area contributed by atoms with Gasteiger partial charge >= 0.3 is 0 Å². The van der Waals surface area contributed by atoms with Crippen LogP contribution in [0.15, 0.2) is 60.7 Å². The average molecular weight is 233 g/mol. The maximum Gasteiger partial charge on any atom is -0.00268 e. The van der Waals surface area contributed by atoms with Crippen molar-refractivity contribution >= 4 is 32.3 Å². The third kappa shape index (κ3) is 1.45. The molecule has 4 aromatic carbocycles. The normalized spacial score (nSPS) is 10.8. The SMILES string of the molecule is CN.c1cc2ccc3cccc4ccc(c1)c2c34. The molecular weight excluding hydrogens is 218 g/mol. The van der Waals surface area contributed by atoms with Crippen LogP contribution in [0.1, 0.15) is 0 Å². The molecule has 0 aliphatic heterocycles. The molecule has 0 spiro atoms. The number of nitrogens with two attached hydrogens (primary N) is 1. The van der Waals surface area contributed by atoms with E-state index in [9.17, 15) is 0 Å². The van der Waals surface area contributed by atoms with Crippen molar-refractivity contribution < 1.29 is 0 Å². The lowest BCUT2D eigenvalue weighted by Crippen LogP contribution is -1.82. The van der Waals surface area contributed by atoms with E-state index in [0.717, 1.165) is 0 Å². The lowest BCUT2D eigenvalue weighted by Gasteiger charge is -2.09. The second-order valence-electron chi connectivity index (χ2n) is 4.29. The second-order valence-corrected chi connectivity index (χ2v) is 4.29. The molecule has 1 heteroatoms. The van der Waals surface area contributed by atoms with E-state index >= 15 is 0 Å². The summed E-state index contributed by atoms with van der Waals surface area (Å²) < 4.78 is 0. The molecule has 0 radical (unpaired) electrons. The molecule has 1 nitrogen and oxygen atoms in total. The van der Waals surface area contributed by atoms with Crippen LogP contribution in [-0.4, -0.2) is 7.05 Å². The lowest BCUT2D eigenvalue weighted by atomic mass is 9.95. The fraction of sp³-hybridized carbons (Fsp3) is 0.0588. The Morgan fingerprint density at radius 2 is 0.778 bits per heavy atom.